The minimum absolute atomic E-state index is 0.100. The van der Waals surface area contributed by atoms with Crippen molar-refractivity contribution in [3.05, 3.63) is 0 Å². The Morgan fingerprint density at radius 1 is 1.29 bits per heavy atom. The molecule has 1 fully saturated rings. The molecule has 0 aromatic rings. The summed E-state index contributed by atoms with van der Waals surface area (Å²) in [6.45, 7) is 4.62. The van der Waals surface area contributed by atoms with Crippen LogP contribution in [0.5, 0.6) is 0 Å². The summed E-state index contributed by atoms with van der Waals surface area (Å²) >= 11 is 0. The zero-order valence-electron chi connectivity index (χ0n) is 12.5. The molecule has 1 rings (SSSR count). The molecular formula is C14H22F3NO3. The maximum absolute atomic E-state index is 13.1. The van der Waals surface area contributed by atoms with Gasteiger partial charge in [-0.1, -0.05) is 33.6 Å². The highest BCUT2D eigenvalue weighted by Gasteiger charge is 2.64. The number of carbonyl (C=O) groups is 2. The van der Waals surface area contributed by atoms with E-state index >= 15 is 0 Å². The molecule has 1 aliphatic rings. The van der Waals surface area contributed by atoms with E-state index in [0.717, 1.165) is 17.7 Å². The van der Waals surface area contributed by atoms with E-state index < -0.39 is 36.4 Å². The van der Waals surface area contributed by atoms with E-state index in [2.05, 4.69) is 0 Å². The molecule has 1 amide bonds. The van der Waals surface area contributed by atoms with Crippen LogP contribution in [0.2, 0.25) is 0 Å². The van der Waals surface area contributed by atoms with E-state index in [1.165, 1.54) is 0 Å². The number of amides is 1. The molecule has 1 N–H and O–H groups in total. The fourth-order valence-electron chi connectivity index (χ4n) is 3.01. The Kier molecular flexibility index (Phi) is 5.28. The highest BCUT2D eigenvalue weighted by Crippen LogP contribution is 2.46. The van der Waals surface area contributed by atoms with Crippen molar-refractivity contribution in [2.24, 2.45) is 17.3 Å². The topological polar surface area (TPSA) is 57.6 Å². The van der Waals surface area contributed by atoms with E-state index in [0.29, 0.717) is 0 Å². The summed E-state index contributed by atoms with van der Waals surface area (Å²) in [5.74, 6) is -2.57. The Hall–Kier alpha value is -1.27. The van der Waals surface area contributed by atoms with Crippen LogP contribution in [0.25, 0.3) is 0 Å². The number of carboxylic acid groups (broad SMARTS) is 1. The molecule has 122 valence electrons. The molecule has 4 nitrogen and oxygen atoms in total. The normalized spacial score (nSPS) is 24.4. The summed E-state index contributed by atoms with van der Waals surface area (Å²) in [5.41, 5.74) is -2.82. The van der Waals surface area contributed by atoms with Gasteiger partial charge in [0.2, 0.25) is 5.91 Å². The minimum Gasteiger partial charge on any atom is -0.481 e. The summed E-state index contributed by atoms with van der Waals surface area (Å²) < 4.78 is 39.2. The second-order valence-corrected chi connectivity index (χ2v) is 5.76. The van der Waals surface area contributed by atoms with Crippen molar-refractivity contribution in [2.75, 3.05) is 13.1 Å². The first-order valence-electron chi connectivity index (χ1n) is 7.19. The van der Waals surface area contributed by atoms with Crippen molar-refractivity contribution in [1.29, 1.82) is 0 Å². The van der Waals surface area contributed by atoms with E-state index in [4.69, 9.17) is 5.11 Å². The van der Waals surface area contributed by atoms with Crippen molar-refractivity contribution >= 4 is 11.9 Å². The smallest absolute Gasteiger partial charge is 0.406 e. The number of aliphatic carboxylic acids is 1. The number of rotatable bonds is 5. The lowest BCUT2D eigenvalue weighted by molar-refractivity contribution is -0.227. The predicted octanol–water partition coefficient (Wildman–Crippen LogP) is 2.92. The van der Waals surface area contributed by atoms with Gasteiger partial charge in [0, 0.05) is 19.0 Å². The molecule has 0 aliphatic carbocycles. The lowest BCUT2D eigenvalue weighted by atomic mass is 9.86. The third-order valence-corrected chi connectivity index (χ3v) is 4.68. The molecule has 1 aliphatic heterocycles. The van der Waals surface area contributed by atoms with E-state index in [9.17, 15) is 22.8 Å². The predicted molar refractivity (Wildman–Crippen MR) is 70.6 cm³/mol. The van der Waals surface area contributed by atoms with Gasteiger partial charge in [-0.25, -0.2) is 0 Å². The summed E-state index contributed by atoms with van der Waals surface area (Å²) in [5, 5.41) is 8.98. The summed E-state index contributed by atoms with van der Waals surface area (Å²) in [7, 11) is 0. The molecular weight excluding hydrogens is 287 g/mol. The lowest BCUT2D eigenvalue weighted by Crippen LogP contribution is -2.48. The van der Waals surface area contributed by atoms with Crippen LogP contribution in [-0.2, 0) is 9.59 Å². The average molecular weight is 309 g/mol. The van der Waals surface area contributed by atoms with Gasteiger partial charge in [-0.05, 0) is 12.3 Å². The lowest BCUT2D eigenvalue weighted by Gasteiger charge is -2.29. The molecule has 7 heteroatoms. The summed E-state index contributed by atoms with van der Waals surface area (Å²) in [6, 6.07) is 0. The highest BCUT2D eigenvalue weighted by atomic mass is 19.4. The van der Waals surface area contributed by atoms with Gasteiger partial charge in [0.1, 0.15) is 0 Å². The van der Waals surface area contributed by atoms with Crippen LogP contribution in [0.1, 0.15) is 40.0 Å². The Bertz CT molecular complexity index is 407. The van der Waals surface area contributed by atoms with Crippen molar-refractivity contribution in [2.45, 2.75) is 46.2 Å². The van der Waals surface area contributed by atoms with E-state index in [1.54, 1.807) is 6.92 Å². The van der Waals surface area contributed by atoms with Crippen LogP contribution >= 0.6 is 0 Å². The monoisotopic (exact) mass is 309 g/mol. The van der Waals surface area contributed by atoms with Crippen molar-refractivity contribution in [1.82, 2.24) is 4.90 Å². The second-order valence-electron chi connectivity index (χ2n) is 5.76. The first-order valence-corrected chi connectivity index (χ1v) is 7.19. The Morgan fingerprint density at radius 3 is 2.14 bits per heavy atom. The maximum atomic E-state index is 13.1. The number of nitrogens with zero attached hydrogens (tertiary/aromatic N) is 1. The van der Waals surface area contributed by atoms with Crippen molar-refractivity contribution in [3.8, 4) is 0 Å². The molecule has 0 bridgehead atoms. The van der Waals surface area contributed by atoms with Gasteiger partial charge >= 0.3 is 12.1 Å². The number of hydrogen-bond donors (Lipinski definition) is 1. The SMILES string of the molecule is CCC(CC)C(C)C(=O)N1CCC(C(=O)O)(C(F)(F)F)C1. The van der Waals surface area contributed by atoms with Gasteiger partial charge in [-0.15, -0.1) is 0 Å². The molecule has 1 heterocycles. The Balaban J connectivity index is 2.90. The molecule has 0 radical (unpaired) electrons. The van der Waals surface area contributed by atoms with Crippen LogP contribution in [0.3, 0.4) is 0 Å². The fraction of sp³-hybridized carbons (Fsp3) is 0.857. The van der Waals surface area contributed by atoms with Gasteiger partial charge in [0.25, 0.3) is 0 Å². The number of carbonyl (C=O) groups excluding carboxylic acids is 1. The molecule has 0 aromatic heterocycles. The first kappa shape index (κ1) is 17.8. The minimum atomic E-state index is -4.86. The molecule has 0 spiro atoms. The standard InChI is InChI=1S/C14H22F3NO3/c1-4-10(5-2)9(3)11(19)18-7-6-13(8-18,12(20)21)14(15,16)17/h9-10H,4-8H2,1-3H3,(H,20,21). The molecule has 2 unspecified atom stereocenters. The second kappa shape index (κ2) is 6.23. The summed E-state index contributed by atoms with van der Waals surface area (Å²) in [6.07, 6.45) is -3.90. The van der Waals surface area contributed by atoms with E-state index in [-0.39, 0.29) is 18.4 Å². The van der Waals surface area contributed by atoms with Crippen LogP contribution in [-0.4, -0.2) is 41.1 Å². The third-order valence-electron chi connectivity index (χ3n) is 4.68. The molecule has 0 saturated carbocycles. The van der Waals surface area contributed by atoms with Crippen molar-refractivity contribution in [3.63, 3.8) is 0 Å². The van der Waals surface area contributed by atoms with Crippen LogP contribution in [0.4, 0.5) is 13.2 Å². The number of carboxylic acids is 1. The van der Waals surface area contributed by atoms with Crippen LogP contribution in [0, 0.1) is 17.3 Å². The maximum Gasteiger partial charge on any atom is 0.406 e. The largest absolute Gasteiger partial charge is 0.481 e. The van der Waals surface area contributed by atoms with Crippen molar-refractivity contribution < 1.29 is 27.9 Å². The zero-order chi connectivity index (χ0) is 16.4. The molecule has 0 aromatic carbocycles. The van der Waals surface area contributed by atoms with Gasteiger partial charge < -0.3 is 10.0 Å². The molecule has 21 heavy (non-hydrogen) atoms. The van der Waals surface area contributed by atoms with Gasteiger partial charge in [0.05, 0.1) is 0 Å². The van der Waals surface area contributed by atoms with Gasteiger partial charge in [0.15, 0.2) is 5.41 Å². The van der Waals surface area contributed by atoms with E-state index in [1.807, 2.05) is 13.8 Å². The zero-order valence-corrected chi connectivity index (χ0v) is 12.5. The van der Waals surface area contributed by atoms with Gasteiger partial charge in [-0.3, -0.25) is 9.59 Å². The Morgan fingerprint density at radius 2 is 1.81 bits per heavy atom. The van der Waals surface area contributed by atoms with Crippen LogP contribution < -0.4 is 0 Å². The summed E-state index contributed by atoms with van der Waals surface area (Å²) in [4.78, 5) is 24.5. The first-order chi connectivity index (χ1) is 9.60. The Labute approximate surface area is 122 Å². The number of halogens is 3. The quantitative estimate of drug-likeness (QED) is 0.849. The highest BCUT2D eigenvalue weighted by molar-refractivity contribution is 5.82. The average Bonchev–Trinajstić information content (AvgIpc) is 2.85. The number of likely N-dealkylation sites (tertiary alicyclic amines) is 1. The van der Waals surface area contributed by atoms with Gasteiger partial charge in [-0.2, -0.15) is 13.2 Å². The molecule has 2 atom stereocenters. The third kappa shape index (κ3) is 3.16. The number of alkyl halides is 3. The number of hydrogen-bond acceptors (Lipinski definition) is 2. The fourth-order valence-corrected chi connectivity index (χ4v) is 3.01. The van der Waals surface area contributed by atoms with Crippen LogP contribution in [0.15, 0.2) is 0 Å². The molecule has 1 saturated heterocycles.